The number of methoxy groups -OCH3 is 2. The second-order valence-corrected chi connectivity index (χ2v) is 7.96. The van der Waals surface area contributed by atoms with Gasteiger partial charge in [0.15, 0.2) is 12.6 Å². The third-order valence-corrected chi connectivity index (χ3v) is 5.89. The molecule has 0 atom stereocenters. The van der Waals surface area contributed by atoms with Crippen LogP contribution in [0.1, 0.15) is 41.4 Å². The van der Waals surface area contributed by atoms with Crippen molar-refractivity contribution < 1.29 is 28.7 Å². The first-order chi connectivity index (χ1) is 17.5. The summed E-state index contributed by atoms with van der Waals surface area (Å²) >= 11 is 0. The number of rotatable bonds is 9. The molecule has 0 saturated heterocycles. The molecule has 4 aromatic rings. The summed E-state index contributed by atoms with van der Waals surface area (Å²) in [6.07, 6.45) is 1.45. The molecule has 4 rings (SSSR count). The number of Topliss-reactive ketones (excluding diaryl/α,β-unsaturated/α-hetero) is 2. The molecule has 6 nitrogen and oxygen atoms in total. The van der Waals surface area contributed by atoms with Crippen molar-refractivity contribution in [3.8, 4) is 33.8 Å². The van der Waals surface area contributed by atoms with Crippen LogP contribution in [0.2, 0.25) is 0 Å². The maximum absolute atomic E-state index is 12.8. The number of benzene rings is 4. The molecule has 4 aromatic carbocycles. The smallest absolute Gasteiger partial charge is 0.233 e. The van der Waals surface area contributed by atoms with Gasteiger partial charge in [-0.05, 0) is 46.5 Å². The first kappa shape index (κ1) is 24.3. The SMILES string of the molecule is COc1cc(-c2ccc(C(=O)C(=O)c3ccc(-c4ccc(C=O)c(OC)c4)cc3)cc2)ccc1C=O. The summed E-state index contributed by atoms with van der Waals surface area (Å²) < 4.78 is 10.5. The Labute approximate surface area is 208 Å². The van der Waals surface area contributed by atoms with Gasteiger partial charge >= 0.3 is 0 Å². The van der Waals surface area contributed by atoms with Crippen molar-refractivity contribution in [2.24, 2.45) is 0 Å². The highest BCUT2D eigenvalue weighted by atomic mass is 16.5. The van der Waals surface area contributed by atoms with Crippen molar-refractivity contribution in [1.82, 2.24) is 0 Å². The van der Waals surface area contributed by atoms with Crippen LogP contribution >= 0.6 is 0 Å². The molecule has 0 bridgehead atoms. The van der Waals surface area contributed by atoms with Gasteiger partial charge in [-0.15, -0.1) is 0 Å². The van der Waals surface area contributed by atoms with Crippen molar-refractivity contribution in [2.45, 2.75) is 0 Å². The van der Waals surface area contributed by atoms with Crippen LogP contribution in [0.15, 0.2) is 84.9 Å². The molecule has 0 N–H and O–H groups in total. The van der Waals surface area contributed by atoms with Crippen LogP contribution in [0.25, 0.3) is 22.3 Å². The second-order valence-electron chi connectivity index (χ2n) is 7.96. The van der Waals surface area contributed by atoms with Gasteiger partial charge in [-0.1, -0.05) is 60.7 Å². The van der Waals surface area contributed by atoms with E-state index < -0.39 is 11.6 Å². The van der Waals surface area contributed by atoms with Gasteiger partial charge in [-0.2, -0.15) is 0 Å². The predicted octanol–water partition coefficient (Wildman–Crippen LogP) is 5.73. The molecule has 0 spiro atoms. The fourth-order valence-electron chi connectivity index (χ4n) is 3.87. The molecule has 0 amide bonds. The van der Waals surface area contributed by atoms with Gasteiger partial charge < -0.3 is 9.47 Å². The summed E-state index contributed by atoms with van der Waals surface area (Å²) in [6, 6.07) is 23.8. The Morgan fingerprint density at radius 2 is 0.861 bits per heavy atom. The number of aldehydes is 2. The zero-order valence-electron chi connectivity index (χ0n) is 19.7. The molecule has 36 heavy (non-hydrogen) atoms. The Bertz CT molecular complexity index is 1340. The molecule has 0 aromatic heterocycles. The molecule has 0 radical (unpaired) electrons. The Morgan fingerprint density at radius 1 is 0.528 bits per heavy atom. The molecule has 0 aliphatic rings. The fraction of sp³-hybridized carbons (Fsp3) is 0.0667. The van der Waals surface area contributed by atoms with Crippen molar-refractivity contribution in [3.63, 3.8) is 0 Å². The second kappa shape index (κ2) is 10.6. The molecule has 0 aliphatic heterocycles. The summed E-state index contributed by atoms with van der Waals surface area (Å²) in [5, 5.41) is 0. The third-order valence-electron chi connectivity index (χ3n) is 5.89. The van der Waals surface area contributed by atoms with Crippen LogP contribution in [0.3, 0.4) is 0 Å². The topological polar surface area (TPSA) is 86.7 Å². The lowest BCUT2D eigenvalue weighted by Crippen LogP contribution is -2.14. The van der Waals surface area contributed by atoms with Crippen LogP contribution < -0.4 is 9.47 Å². The van der Waals surface area contributed by atoms with Crippen LogP contribution in [0.5, 0.6) is 11.5 Å². The van der Waals surface area contributed by atoms with Gasteiger partial charge in [0.1, 0.15) is 11.5 Å². The average molecular weight is 479 g/mol. The quantitative estimate of drug-likeness (QED) is 0.174. The Kier molecular flexibility index (Phi) is 7.16. The normalized spacial score (nSPS) is 10.4. The monoisotopic (exact) mass is 478 g/mol. The van der Waals surface area contributed by atoms with Crippen molar-refractivity contribution >= 4 is 24.1 Å². The van der Waals surface area contributed by atoms with Crippen LogP contribution in [0, 0.1) is 0 Å². The van der Waals surface area contributed by atoms with E-state index in [2.05, 4.69) is 0 Å². The van der Waals surface area contributed by atoms with Crippen LogP contribution in [-0.4, -0.2) is 38.4 Å². The highest BCUT2D eigenvalue weighted by molar-refractivity contribution is 6.49. The maximum atomic E-state index is 12.8. The molecule has 0 unspecified atom stereocenters. The summed E-state index contributed by atoms with van der Waals surface area (Å²) in [6.45, 7) is 0. The third kappa shape index (κ3) is 4.83. The zero-order chi connectivity index (χ0) is 25.7. The minimum atomic E-state index is -0.611. The first-order valence-electron chi connectivity index (χ1n) is 11.1. The van der Waals surface area contributed by atoms with Crippen LogP contribution in [-0.2, 0) is 0 Å². The maximum Gasteiger partial charge on any atom is 0.233 e. The van der Waals surface area contributed by atoms with E-state index in [1.165, 1.54) is 14.2 Å². The molecular weight excluding hydrogens is 456 g/mol. The molecular formula is C30H22O6. The molecule has 6 heteroatoms. The Balaban J connectivity index is 1.52. The lowest BCUT2D eigenvalue weighted by Gasteiger charge is -2.09. The molecule has 0 fully saturated rings. The summed E-state index contributed by atoms with van der Waals surface area (Å²) in [7, 11) is 2.98. The largest absolute Gasteiger partial charge is 0.496 e. The van der Waals surface area contributed by atoms with Gasteiger partial charge in [0.25, 0.3) is 0 Å². The predicted molar refractivity (Wildman–Crippen MR) is 136 cm³/mol. The van der Waals surface area contributed by atoms with E-state index in [4.69, 9.17) is 9.47 Å². The summed E-state index contributed by atoms with van der Waals surface area (Å²) in [5.74, 6) is -0.306. The van der Waals surface area contributed by atoms with Gasteiger partial charge in [0, 0.05) is 11.1 Å². The van der Waals surface area contributed by atoms with Crippen molar-refractivity contribution in [1.29, 1.82) is 0 Å². The minimum absolute atomic E-state index is 0.276. The van der Waals surface area contributed by atoms with Crippen molar-refractivity contribution in [2.75, 3.05) is 14.2 Å². The number of hydrogen-bond acceptors (Lipinski definition) is 6. The van der Waals surface area contributed by atoms with Gasteiger partial charge in [-0.3, -0.25) is 19.2 Å². The summed E-state index contributed by atoms with van der Waals surface area (Å²) in [4.78, 5) is 47.9. The number of ether oxygens (including phenoxy) is 2. The van der Waals surface area contributed by atoms with Gasteiger partial charge in [-0.25, -0.2) is 0 Å². The first-order valence-corrected chi connectivity index (χ1v) is 11.1. The van der Waals surface area contributed by atoms with E-state index >= 15 is 0 Å². The lowest BCUT2D eigenvalue weighted by atomic mass is 9.96. The van der Waals surface area contributed by atoms with Gasteiger partial charge in [0.2, 0.25) is 11.6 Å². The zero-order valence-corrected chi connectivity index (χ0v) is 19.7. The number of ketones is 2. The number of carbonyl (C=O) groups is 4. The fourth-order valence-corrected chi connectivity index (χ4v) is 3.87. The van der Waals surface area contributed by atoms with E-state index in [1.807, 2.05) is 0 Å². The molecule has 0 saturated carbocycles. The van der Waals surface area contributed by atoms with E-state index in [1.54, 1.807) is 84.9 Å². The van der Waals surface area contributed by atoms with E-state index in [9.17, 15) is 19.2 Å². The number of hydrogen-bond donors (Lipinski definition) is 0. The Hall–Kier alpha value is -4.84. The van der Waals surface area contributed by atoms with E-state index in [0.29, 0.717) is 22.6 Å². The lowest BCUT2D eigenvalue weighted by molar-refractivity contribution is 0.0817. The standard InChI is InChI=1S/C30H22O6/c1-35-27-15-23(11-13-25(27)17-31)19-3-7-21(8-4-19)29(33)30(34)22-9-5-20(6-10-22)24-12-14-26(18-32)28(16-24)36-2/h3-18H,1-2H3. The number of carbonyl (C=O) groups excluding carboxylic acids is 4. The highest BCUT2D eigenvalue weighted by Gasteiger charge is 2.19. The molecule has 0 aliphatic carbocycles. The van der Waals surface area contributed by atoms with Crippen LogP contribution in [0.4, 0.5) is 0 Å². The van der Waals surface area contributed by atoms with E-state index in [-0.39, 0.29) is 11.1 Å². The average Bonchev–Trinajstić information content (AvgIpc) is 2.95. The Morgan fingerprint density at radius 3 is 1.17 bits per heavy atom. The molecule has 178 valence electrons. The van der Waals surface area contributed by atoms with E-state index in [0.717, 1.165) is 34.8 Å². The molecule has 0 heterocycles. The van der Waals surface area contributed by atoms with Gasteiger partial charge in [0.05, 0.1) is 25.3 Å². The highest BCUT2D eigenvalue weighted by Crippen LogP contribution is 2.28. The van der Waals surface area contributed by atoms with Crippen molar-refractivity contribution in [3.05, 3.63) is 107 Å². The minimum Gasteiger partial charge on any atom is -0.496 e. The summed E-state index contributed by atoms with van der Waals surface area (Å²) in [5.41, 5.74) is 4.71.